The van der Waals surface area contributed by atoms with Crippen molar-refractivity contribution in [2.45, 2.75) is 26.3 Å². The molecule has 1 saturated carbocycles. The minimum atomic E-state index is -0.294. The highest BCUT2D eigenvalue weighted by molar-refractivity contribution is 6.34. The molecular weight excluding hydrogens is 350 g/mol. The monoisotopic (exact) mass is 367 g/mol. The van der Waals surface area contributed by atoms with Crippen LogP contribution in [0.1, 0.15) is 18.5 Å². The highest BCUT2D eigenvalue weighted by atomic mass is 35.5. The van der Waals surface area contributed by atoms with Gasteiger partial charge in [-0.25, -0.2) is 0 Å². The molecule has 0 spiro atoms. The molecule has 1 aliphatic carbocycles. The van der Waals surface area contributed by atoms with Crippen molar-refractivity contribution in [3.8, 4) is 5.69 Å². The quantitative estimate of drug-likeness (QED) is 0.557. The maximum Gasteiger partial charge on any atom is 0.292 e. The van der Waals surface area contributed by atoms with Crippen LogP contribution in [0.3, 0.4) is 0 Å². The molecular formula is C19H18ClN5O. The summed E-state index contributed by atoms with van der Waals surface area (Å²) in [5.74, 6) is 0.691. The fraction of sp³-hybridized carbons (Fsp3) is 0.316. The molecule has 3 aromatic heterocycles. The maximum absolute atomic E-state index is 12.9. The number of nitrogens with zero attached hydrogens (tertiary/aromatic N) is 5. The van der Waals surface area contributed by atoms with Gasteiger partial charge >= 0.3 is 0 Å². The van der Waals surface area contributed by atoms with Crippen LogP contribution in [0.15, 0.2) is 35.3 Å². The fourth-order valence-corrected chi connectivity index (χ4v) is 3.83. The van der Waals surface area contributed by atoms with E-state index in [4.69, 9.17) is 11.6 Å². The second-order valence-electron chi connectivity index (χ2n) is 7.15. The summed E-state index contributed by atoms with van der Waals surface area (Å²) in [5.41, 5.74) is 3.85. The molecule has 0 bridgehead atoms. The SMILES string of the molecule is Cc1cc2nn(-c3ccc4nn(C)cc4c3)c(=O)c(Cl)c2n1CC1CC1. The molecule has 0 N–H and O–H groups in total. The van der Waals surface area contributed by atoms with Crippen molar-refractivity contribution in [1.29, 1.82) is 0 Å². The largest absolute Gasteiger partial charge is 0.342 e. The maximum atomic E-state index is 12.9. The average molecular weight is 368 g/mol. The van der Waals surface area contributed by atoms with E-state index in [1.54, 1.807) is 4.68 Å². The fourth-order valence-electron chi connectivity index (χ4n) is 3.55. The second kappa shape index (κ2) is 5.45. The van der Waals surface area contributed by atoms with Gasteiger partial charge < -0.3 is 4.57 Å². The Balaban J connectivity index is 1.72. The number of hydrogen-bond acceptors (Lipinski definition) is 3. The summed E-state index contributed by atoms with van der Waals surface area (Å²) in [6.07, 6.45) is 4.40. The molecule has 0 radical (unpaired) electrons. The van der Waals surface area contributed by atoms with Crippen molar-refractivity contribution in [2.24, 2.45) is 13.0 Å². The molecule has 0 amide bonds. The van der Waals surface area contributed by atoms with Gasteiger partial charge in [-0.05, 0) is 49.9 Å². The van der Waals surface area contributed by atoms with Crippen LogP contribution in [0.2, 0.25) is 5.02 Å². The lowest BCUT2D eigenvalue weighted by Crippen LogP contribution is -2.22. The smallest absolute Gasteiger partial charge is 0.292 e. The van der Waals surface area contributed by atoms with E-state index in [1.807, 2.05) is 44.4 Å². The number of aryl methyl sites for hydroxylation is 2. The lowest BCUT2D eigenvalue weighted by molar-refractivity contribution is 0.632. The van der Waals surface area contributed by atoms with Crippen LogP contribution in [0.5, 0.6) is 0 Å². The van der Waals surface area contributed by atoms with Crippen LogP contribution in [0.25, 0.3) is 27.6 Å². The van der Waals surface area contributed by atoms with Crippen molar-refractivity contribution in [1.82, 2.24) is 24.1 Å². The first kappa shape index (κ1) is 15.6. The zero-order valence-electron chi connectivity index (χ0n) is 14.6. The number of fused-ring (bicyclic) bond motifs is 2. The predicted molar refractivity (Wildman–Crippen MR) is 102 cm³/mol. The number of hydrogen-bond donors (Lipinski definition) is 0. The van der Waals surface area contributed by atoms with Crippen molar-refractivity contribution >= 4 is 33.5 Å². The Kier molecular flexibility index (Phi) is 3.28. The number of rotatable bonds is 3. The third kappa shape index (κ3) is 2.36. The Hall–Kier alpha value is -2.60. The van der Waals surface area contributed by atoms with E-state index in [-0.39, 0.29) is 10.6 Å². The normalized spacial score (nSPS) is 14.6. The zero-order valence-corrected chi connectivity index (χ0v) is 15.4. The minimum absolute atomic E-state index is 0.232. The zero-order chi connectivity index (χ0) is 18.0. The van der Waals surface area contributed by atoms with E-state index >= 15 is 0 Å². The third-order valence-corrected chi connectivity index (χ3v) is 5.41. The molecule has 132 valence electrons. The summed E-state index contributed by atoms with van der Waals surface area (Å²) in [4.78, 5) is 12.9. The van der Waals surface area contributed by atoms with Gasteiger partial charge in [-0.3, -0.25) is 9.48 Å². The third-order valence-electron chi connectivity index (χ3n) is 5.06. The molecule has 0 unspecified atom stereocenters. The van der Waals surface area contributed by atoms with Crippen molar-refractivity contribution in [2.75, 3.05) is 0 Å². The van der Waals surface area contributed by atoms with Gasteiger partial charge in [-0.2, -0.15) is 14.9 Å². The molecule has 0 atom stereocenters. The number of benzene rings is 1. The molecule has 6 nitrogen and oxygen atoms in total. The van der Waals surface area contributed by atoms with Gasteiger partial charge in [0.1, 0.15) is 10.5 Å². The van der Waals surface area contributed by atoms with Crippen molar-refractivity contribution in [3.05, 3.63) is 51.5 Å². The number of halogens is 1. The first-order valence-electron chi connectivity index (χ1n) is 8.74. The van der Waals surface area contributed by atoms with Crippen molar-refractivity contribution in [3.63, 3.8) is 0 Å². The van der Waals surface area contributed by atoms with Gasteiger partial charge in [0.25, 0.3) is 5.56 Å². The molecule has 4 aromatic rings. The first-order valence-corrected chi connectivity index (χ1v) is 9.11. The lowest BCUT2D eigenvalue weighted by Gasteiger charge is -2.10. The van der Waals surface area contributed by atoms with Gasteiger partial charge in [0, 0.05) is 30.9 Å². The number of aromatic nitrogens is 5. The van der Waals surface area contributed by atoms with Crippen LogP contribution >= 0.6 is 11.6 Å². The van der Waals surface area contributed by atoms with E-state index in [0.717, 1.165) is 34.2 Å². The highest BCUT2D eigenvalue weighted by Gasteiger charge is 2.25. The Labute approximate surface area is 154 Å². The molecule has 0 aliphatic heterocycles. The summed E-state index contributed by atoms with van der Waals surface area (Å²) in [6, 6.07) is 7.65. The van der Waals surface area contributed by atoms with Crippen LogP contribution < -0.4 is 5.56 Å². The summed E-state index contributed by atoms with van der Waals surface area (Å²) < 4.78 is 5.28. The molecule has 5 rings (SSSR count). The Morgan fingerprint density at radius 3 is 2.77 bits per heavy atom. The van der Waals surface area contributed by atoms with Crippen molar-refractivity contribution < 1.29 is 0 Å². The molecule has 1 fully saturated rings. The van der Waals surface area contributed by atoms with E-state index in [2.05, 4.69) is 14.8 Å². The van der Waals surface area contributed by atoms with Crippen LogP contribution in [0.4, 0.5) is 0 Å². The lowest BCUT2D eigenvalue weighted by atomic mass is 10.2. The molecule has 26 heavy (non-hydrogen) atoms. The van der Waals surface area contributed by atoms with E-state index < -0.39 is 0 Å². The molecule has 3 heterocycles. The highest BCUT2D eigenvalue weighted by Crippen LogP contribution is 2.34. The summed E-state index contributed by atoms with van der Waals surface area (Å²) >= 11 is 6.52. The molecule has 1 aliphatic rings. The van der Waals surface area contributed by atoms with Crippen LogP contribution in [-0.2, 0) is 13.6 Å². The van der Waals surface area contributed by atoms with Crippen LogP contribution in [-0.4, -0.2) is 24.1 Å². The van der Waals surface area contributed by atoms with Crippen LogP contribution in [0, 0.1) is 12.8 Å². The van der Waals surface area contributed by atoms with E-state index in [1.165, 1.54) is 17.5 Å². The average Bonchev–Trinajstić information content (AvgIpc) is 3.26. The van der Waals surface area contributed by atoms with E-state index in [0.29, 0.717) is 11.6 Å². The topological polar surface area (TPSA) is 57.6 Å². The van der Waals surface area contributed by atoms with Gasteiger partial charge in [-0.15, -0.1) is 0 Å². The molecule has 1 aromatic carbocycles. The van der Waals surface area contributed by atoms with Gasteiger partial charge in [0.05, 0.1) is 16.7 Å². The van der Waals surface area contributed by atoms with E-state index in [9.17, 15) is 4.79 Å². The standard InChI is InChI=1S/C19H18ClN5O/c1-11-7-16-18(24(11)9-12-3-4-12)17(20)19(26)25(22-16)14-5-6-15-13(8-14)10-23(2)21-15/h5-8,10,12H,3-4,9H2,1-2H3. The van der Waals surface area contributed by atoms with Gasteiger partial charge in [0.15, 0.2) is 0 Å². The minimum Gasteiger partial charge on any atom is -0.342 e. The molecule has 7 heteroatoms. The first-order chi connectivity index (χ1) is 12.5. The molecule has 0 saturated heterocycles. The Morgan fingerprint density at radius 1 is 1.19 bits per heavy atom. The second-order valence-corrected chi connectivity index (χ2v) is 7.53. The van der Waals surface area contributed by atoms with Gasteiger partial charge in [-0.1, -0.05) is 11.6 Å². The Morgan fingerprint density at radius 2 is 2.00 bits per heavy atom. The summed E-state index contributed by atoms with van der Waals surface area (Å²) in [7, 11) is 1.87. The summed E-state index contributed by atoms with van der Waals surface area (Å²) in [6.45, 7) is 2.94. The predicted octanol–water partition coefficient (Wildman–Crippen LogP) is 3.45. The van der Waals surface area contributed by atoms with Gasteiger partial charge in [0.2, 0.25) is 0 Å². The Bertz CT molecular complexity index is 1230. The summed E-state index contributed by atoms with van der Waals surface area (Å²) in [5, 5.41) is 10.2.